The van der Waals surface area contributed by atoms with Gasteiger partial charge in [-0.05, 0) is 109 Å². The fourth-order valence-electron chi connectivity index (χ4n) is 10.6. The Morgan fingerprint density at radius 2 is 0.519 bits per heavy atom. The number of carbonyl (C=O) groups is 4. The van der Waals surface area contributed by atoms with Crippen molar-refractivity contribution >= 4 is 39.5 Å². The van der Waals surface area contributed by atoms with E-state index in [4.69, 9.17) is 37.0 Å². The van der Waals surface area contributed by atoms with E-state index >= 15 is 0 Å². The first-order valence-electron chi connectivity index (χ1n) is 40.4. The van der Waals surface area contributed by atoms with Crippen LogP contribution in [0.4, 0.5) is 0 Å². The number of rotatable bonds is 75. The Hall–Kier alpha value is -4.80. The van der Waals surface area contributed by atoms with Crippen LogP contribution in [0.15, 0.2) is 134 Å². The van der Waals surface area contributed by atoms with Gasteiger partial charge in [0.15, 0.2) is 12.2 Å². The van der Waals surface area contributed by atoms with Gasteiger partial charge in [0, 0.05) is 25.7 Å². The van der Waals surface area contributed by atoms with Crippen LogP contribution in [0.3, 0.4) is 0 Å². The van der Waals surface area contributed by atoms with E-state index in [2.05, 4.69) is 143 Å². The number of phosphoric ester groups is 2. The number of aliphatic hydroxyl groups is 1. The highest BCUT2D eigenvalue weighted by atomic mass is 31.2. The highest BCUT2D eigenvalue weighted by Crippen LogP contribution is 2.45. The van der Waals surface area contributed by atoms with Crippen LogP contribution >= 0.6 is 15.6 Å². The summed E-state index contributed by atoms with van der Waals surface area (Å²) in [4.78, 5) is 73.0. The van der Waals surface area contributed by atoms with Gasteiger partial charge in [-0.15, -0.1) is 0 Å². The SMILES string of the molecule is CC/C=C\C/C=C\C/C=C\C/C=C\C/C=C\C/C=C\CCC(=O)OCC(COP(=O)(O)OCC(O)COP(=O)(O)OCC(COC(=O)CCCCCCCCCCCCCCCCC)OC(=O)CCCCCCCCCCCCC)OC(=O)CCCCC/C=C\C/C=C\C/C=C\C/C=C\C/C=C\CC. The van der Waals surface area contributed by atoms with Gasteiger partial charge in [0.05, 0.1) is 26.4 Å². The number of allylic oxidation sites excluding steroid dienone is 22. The molecule has 0 aromatic rings. The van der Waals surface area contributed by atoms with E-state index in [0.717, 1.165) is 128 Å². The van der Waals surface area contributed by atoms with E-state index < -0.39 is 97.5 Å². The van der Waals surface area contributed by atoms with Crippen molar-refractivity contribution in [1.29, 1.82) is 0 Å². The van der Waals surface area contributed by atoms with Crippen LogP contribution in [0.1, 0.15) is 323 Å². The molecule has 104 heavy (non-hydrogen) atoms. The van der Waals surface area contributed by atoms with Gasteiger partial charge >= 0.3 is 39.5 Å². The summed E-state index contributed by atoms with van der Waals surface area (Å²) in [6.07, 6.45) is 85.9. The summed E-state index contributed by atoms with van der Waals surface area (Å²) in [7, 11) is -9.99. The molecule has 0 aliphatic heterocycles. The predicted octanol–water partition coefficient (Wildman–Crippen LogP) is 23.7. The zero-order valence-corrected chi connectivity index (χ0v) is 66.9. The van der Waals surface area contributed by atoms with Gasteiger partial charge in [-0.2, -0.15) is 0 Å². The number of carbonyl (C=O) groups excluding carboxylic acids is 4. The number of ether oxygens (including phenoxy) is 4. The average Bonchev–Trinajstić information content (AvgIpc) is 0.928. The van der Waals surface area contributed by atoms with Crippen LogP contribution in [0.5, 0.6) is 0 Å². The van der Waals surface area contributed by atoms with Crippen LogP contribution in [0, 0.1) is 0 Å². The molecule has 0 saturated heterocycles. The average molecular weight is 1500 g/mol. The molecule has 0 aromatic heterocycles. The second kappa shape index (κ2) is 76.4. The van der Waals surface area contributed by atoms with Gasteiger partial charge in [0.2, 0.25) is 0 Å². The van der Waals surface area contributed by atoms with Crippen LogP contribution in [-0.2, 0) is 65.4 Å². The summed E-state index contributed by atoms with van der Waals surface area (Å²) in [5.74, 6) is -2.30. The zero-order valence-electron chi connectivity index (χ0n) is 65.2. The van der Waals surface area contributed by atoms with E-state index in [1.165, 1.54) is 109 Å². The summed E-state index contributed by atoms with van der Waals surface area (Å²) >= 11 is 0. The number of hydrogen-bond acceptors (Lipinski definition) is 15. The normalized spacial score (nSPS) is 14.6. The van der Waals surface area contributed by atoms with Gasteiger partial charge < -0.3 is 33.8 Å². The molecule has 0 radical (unpaired) electrons. The van der Waals surface area contributed by atoms with Crippen molar-refractivity contribution in [1.82, 2.24) is 0 Å². The first-order valence-corrected chi connectivity index (χ1v) is 43.4. The third kappa shape index (κ3) is 75.4. The maximum Gasteiger partial charge on any atom is 0.472 e. The fourth-order valence-corrected chi connectivity index (χ4v) is 12.1. The second-order valence-electron chi connectivity index (χ2n) is 26.6. The molecule has 0 fully saturated rings. The molecule has 0 spiro atoms. The van der Waals surface area contributed by atoms with E-state index in [1.54, 1.807) is 0 Å². The Bertz CT molecular complexity index is 2490. The quantitative estimate of drug-likeness (QED) is 0.0169. The zero-order chi connectivity index (χ0) is 76.0. The molecule has 0 aliphatic carbocycles. The Kier molecular flexibility index (Phi) is 72.9. The lowest BCUT2D eigenvalue weighted by Crippen LogP contribution is -2.30. The summed E-state index contributed by atoms with van der Waals surface area (Å²) in [5, 5.41) is 10.6. The van der Waals surface area contributed by atoms with Crippen LogP contribution < -0.4 is 0 Å². The van der Waals surface area contributed by atoms with Crippen molar-refractivity contribution in [2.75, 3.05) is 39.6 Å². The molecule has 0 saturated carbocycles. The molecule has 0 bridgehead atoms. The van der Waals surface area contributed by atoms with Crippen molar-refractivity contribution in [3.05, 3.63) is 134 Å². The Labute approximate surface area is 631 Å². The lowest BCUT2D eigenvalue weighted by molar-refractivity contribution is -0.161. The minimum atomic E-state index is -5.01. The molecule has 0 rings (SSSR count). The monoisotopic (exact) mass is 1500 g/mol. The Morgan fingerprint density at radius 1 is 0.279 bits per heavy atom. The summed E-state index contributed by atoms with van der Waals surface area (Å²) in [5.41, 5.74) is 0. The lowest BCUT2D eigenvalue weighted by atomic mass is 10.0. The van der Waals surface area contributed by atoms with Gasteiger partial charge in [-0.1, -0.05) is 322 Å². The maximum absolute atomic E-state index is 13.1. The van der Waals surface area contributed by atoms with Gasteiger partial charge in [0.1, 0.15) is 19.3 Å². The molecule has 5 unspecified atom stereocenters. The molecule has 0 aliphatic rings. The third-order valence-electron chi connectivity index (χ3n) is 16.7. The standard InChI is InChI=1S/C85H144O17P2/c1-5-9-13-17-21-25-29-32-35-37-39-41-44-47-51-54-58-62-66-70-83(88)96-76-81(102-85(90)72-68-64-60-56-52-48-45-42-40-38-36-33-30-26-22-18-14-10-6-2)78-100-104(93,94)98-74-79(86)73-97-103(91,92)99-77-80(101-84(89)71-67-63-59-55-49-28-24-20-16-12-8-4)75-95-82(87)69-65-61-57-53-50-46-43-34-31-27-23-19-15-11-7-3/h9-10,13-14,21-22,25-26,32-33,35-36,39-42,47-48,51-52,58,62,79-81,86H,5-8,11-12,15-20,23-24,27-31,34,37-38,43-46,49-50,53-57,59-61,63-78H2,1-4H3,(H,91,92)(H,93,94)/b13-9-,14-10-,25-21-,26-22-,35-32-,36-33-,41-39-,42-40-,51-47-,52-48-,62-58-. The number of hydrogen-bond donors (Lipinski definition) is 3. The van der Waals surface area contributed by atoms with E-state index in [9.17, 15) is 43.2 Å². The molecule has 0 aromatic carbocycles. The van der Waals surface area contributed by atoms with E-state index in [0.29, 0.717) is 32.1 Å². The third-order valence-corrected chi connectivity index (χ3v) is 18.6. The minimum Gasteiger partial charge on any atom is -0.462 e. The molecule has 596 valence electrons. The Morgan fingerprint density at radius 3 is 0.827 bits per heavy atom. The fraction of sp³-hybridized carbons (Fsp3) is 0.694. The van der Waals surface area contributed by atoms with E-state index in [1.807, 2.05) is 18.2 Å². The number of aliphatic hydroxyl groups excluding tert-OH is 1. The number of esters is 4. The van der Waals surface area contributed by atoms with Crippen LogP contribution in [-0.4, -0.2) is 96.7 Å². The molecular weight excluding hydrogens is 1350 g/mol. The van der Waals surface area contributed by atoms with Crippen molar-refractivity contribution in [3.63, 3.8) is 0 Å². The van der Waals surface area contributed by atoms with Crippen molar-refractivity contribution in [2.24, 2.45) is 0 Å². The van der Waals surface area contributed by atoms with Gasteiger partial charge in [-0.25, -0.2) is 9.13 Å². The van der Waals surface area contributed by atoms with Gasteiger partial charge in [-0.3, -0.25) is 37.3 Å². The highest BCUT2D eigenvalue weighted by molar-refractivity contribution is 7.47. The molecule has 17 nitrogen and oxygen atoms in total. The molecule has 0 amide bonds. The maximum atomic E-state index is 13.1. The van der Waals surface area contributed by atoms with Crippen molar-refractivity contribution < 1.29 is 80.2 Å². The number of phosphoric acid groups is 2. The second-order valence-corrected chi connectivity index (χ2v) is 29.5. The highest BCUT2D eigenvalue weighted by Gasteiger charge is 2.30. The summed E-state index contributed by atoms with van der Waals surface area (Å²) < 4.78 is 68.5. The predicted molar refractivity (Wildman–Crippen MR) is 427 cm³/mol. The first kappa shape index (κ1) is 99.2. The molecule has 0 heterocycles. The smallest absolute Gasteiger partial charge is 0.462 e. The van der Waals surface area contributed by atoms with Crippen LogP contribution in [0.25, 0.3) is 0 Å². The van der Waals surface area contributed by atoms with Crippen LogP contribution in [0.2, 0.25) is 0 Å². The van der Waals surface area contributed by atoms with Gasteiger partial charge in [0.25, 0.3) is 0 Å². The lowest BCUT2D eigenvalue weighted by Gasteiger charge is -2.21. The molecule has 19 heteroatoms. The molecular formula is C85H144O17P2. The largest absolute Gasteiger partial charge is 0.472 e. The minimum absolute atomic E-state index is 0.0253. The molecule has 3 N–H and O–H groups in total. The summed E-state index contributed by atoms with van der Waals surface area (Å²) in [6.45, 7) is 4.54. The van der Waals surface area contributed by atoms with Crippen molar-refractivity contribution in [2.45, 2.75) is 341 Å². The Balaban J connectivity index is 5.44. The summed E-state index contributed by atoms with van der Waals surface area (Å²) in [6, 6.07) is 0. The topological polar surface area (TPSA) is 237 Å². The van der Waals surface area contributed by atoms with Crippen molar-refractivity contribution in [3.8, 4) is 0 Å². The molecule has 5 atom stereocenters. The number of unbranched alkanes of at least 4 members (excludes halogenated alkanes) is 27. The van der Waals surface area contributed by atoms with E-state index in [-0.39, 0.29) is 25.7 Å². The first-order chi connectivity index (χ1) is 50.7.